The summed E-state index contributed by atoms with van der Waals surface area (Å²) in [6.07, 6.45) is -13.7. The van der Waals surface area contributed by atoms with E-state index < -0.39 is 60.8 Å². The molecule has 0 radical (unpaired) electrons. The number of benzene rings is 2. The van der Waals surface area contributed by atoms with E-state index in [1.165, 1.54) is 18.2 Å². The van der Waals surface area contributed by atoms with Crippen molar-refractivity contribution >= 4 is 0 Å². The minimum Gasteiger partial charge on any atom is -0.394 e. The highest BCUT2D eigenvalue weighted by Gasteiger charge is 2.46. The van der Waals surface area contributed by atoms with Gasteiger partial charge in [0, 0.05) is 0 Å². The maximum atomic E-state index is 13.7. The molecule has 6 atom stereocenters. The molecule has 0 spiro atoms. The minimum absolute atomic E-state index is 0.00990. The number of hydrogen-bond acceptors (Lipinski definition) is 6. The number of hydrogen-bond donors (Lipinski definition) is 5. The van der Waals surface area contributed by atoms with Crippen LogP contribution in [0.5, 0.6) is 0 Å². The average molecular weight is 446 g/mol. The van der Waals surface area contributed by atoms with Crippen LogP contribution < -0.4 is 0 Å². The largest absolute Gasteiger partial charge is 0.416 e. The van der Waals surface area contributed by atoms with Crippen LogP contribution in [0, 0.1) is 12.7 Å². The summed E-state index contributed by atoms with van der Waals surface area (Å²) in [5.41, 5.74) is -0.234. The maximum Gasteiger partial charge on any atom is 0.416 e. The molecular formula is C21H22F4O6. The molecule has 2 aromatic carbocycles. The van der Waals surface area contributed by atoms with Crippen molar-refractivity contribution in [3.05, 3.63) is 58.9 Å². The lowest BCUT2D eigenvalue weighted by Crippen LogP contribution is -2.59. The van der Waals surface area contributed by atoms with Gasteiger partial charge in [-0.1, -0.05) is 18.2 Å². The molecule has 6 nitrogen and oxygen atoms in total. The van der Waals surface area contributed by atoms with Gasteiger partial charge in [-0.25, -0.2) is 4.39 Å². The lowest BCUT2D eigenvalue weighted by atomic mass is 9.87. The highest BCUT2D eigenvalue weighted by atomic mass is 19.4. The van der Waals surface area contributed by atoms with E-state index in [-0.39, 0.29) is 16.7 Å². The molecule has 0 saturated carbocycles. The molecule has 10 heteroatoms. The third kappa shape index (κ3) is 4.74. The van der Waals surface area contributed by atoms with Crippen LogP contribution in [0.4, 0.5) is 17.6 Å². The number of aliphatic hydroxyl groups is 5. The Morgan fingerprint density at radius 1 is 0.968 bits per heavy atom. The predicted octanol–water partition coefficient (Wildman–Crippen LogP) is 1.70. The quantitative estimate of drug-likeness (QED) is 0.458. The average Bonchev–Trinajstić information content (AvgIpc) is 2.70. The molecule has 170 valence electrons. The van der Waals surface area contributed by atoms with Crippen LogP contribution in [0.15, 0.2) is 36.4 Å². The molecule has 0 amide bonds. The van der Waals surface area contributed by atoms with Gasteiger partial charge in [0.1, 0.15) is 42.4 Å². The van der Waals surface area contributed by atoms with Crippen LogP contribution >= 0.6 is 0 Å². The molecule has 0 aliphatic carbocycles. The monoisotopic (exact) mass is 446 g/mol. The van der Waals surface area contributed by atoms with Gasteiger partial charge in [-0.15, -0.1) is 0 Å². The second kappa shape index (κ2) is 8.81. The summed E-state index contributed by atoms with van der Waals surface area (Å²) in [5, 5.41) is 49.9. The van der Waals surface area contributed by atoms with Crippen molar-refractivity contribution in [3.8, 4) is 11.1 Å². The van der Waals surface area contributed by atoms with E-state index in [0.717, 1.165) is 12.1 Å². The molecule has 2 aromatic rings. The summed E-state index contributed by atoms with van der Waals surface area (Å²) in [4.78, 5) is 0. The van der Waals surface area contributed by atoms with Gasteiger partial charge in [0.15, 0.2) is 0 Å². The first-order valence-corrected chi connectivity index (χ1v) is 9.41. The van der Waals surface area contributed by atoms with E-state index in [1.54, 1.807) is 6.92 Å². The molecule has 1 heterocycles. The second-order valence-corrected chi connectivity index (χ2v) is 7.54. The SMILES string of the molecule is Cc1cc(-c2cc(F)cc(C(F)(F)F)c2)ccc1C(O)[C@H]1O[C@H](CO)[C@@H](O)[C@H](O)[C@@H]1O. The van der Waals surface area contributed by atoms with Crippen LogP contribution in [0.3, 0.4) is 0 Å². The Hall–Kier alpha value is -2.08. The van der Waals surface area contributed by atoms with Crippen LogP contribution in [0.2, 0.25) is 0 Å². The molecule has 1 unspecified atom stereocenters. The Kier molecular flexibility index (Phi) is 6.70. The Bertz CT molecular complexity index is 933. The van der Waals surface area contributed by atoms with Gasteiger partial charge >= 0.3 is 6.18 Å². The lowest BCUT2D eigenvalue weighted by molar-refractivity contribution is -0.250. The zero-order valence-corrected chi connectivity index (χ0v) is 16.3. The molecule has 1 aliphatic heterocycles. The van der Waals surface area contributed by atoms with E-state index >= 15 is 0 Å². The number of ether oxygens (including phenoxy) is 1. The number of halogens is 4. The van der Waals surface area contributed by atoms with Gasteiger partial charge in [-0.05, 0) is 47.4 Å². The van der Waals surface area contributed by atoms with E-state index in [0.29, 0.717) is 11.6 Å². The summed E-state index contributed by atoms with van der Waals surface area (Å²) < 4.78 is 58.0. The molecule has 5 N–H and O–H groups in total. The zero-order chi connectivity index (χ0) is 23.1. The molecule has 1 aliphatic rings. The summed E-state index contributed by atoms with van der Waals surface area (Å²) in [6, 6.07) is 6.37. The first-order valence-electron chi connectivity index (χ1n) is 9.41. The third-order valence-corrected chi connectivity index (χ3v) is 5.39. The smallest absolute Gasteiger partial charge is 0.394 e. The van der Waals surface area contributed by atoms with Crippen LogP contribution in [-0.4, -0.2) is 62.7 Å². The van der Waals surface area contributed by atoms with Gasteiger partial charge in [-0.2, -0.15) is 13.2 Å². The van der Waals surface area contributed by atoms with E-state index in [2.05, 4.69) is 0 Å². The topological polar surface area (TPSA) is 110 Å². The minimum atomic E-state index is -4.72. The van der Waals surface area contributed by atoms with Gasteiger partial charge in [0.2, 0.25) is 0 Å². The highest BCUT2D eigenvalue weighted by Crippen LogP contribution is 2.36. The van der Waals surface area contributed by atoms with Crippen molar-refractivity contribution in [2.24, 2.45) is 0 Å². The van der Waals surface area contributed by atoms with Crippen LogP contribution in [0.1, 0.15) is 22.8 Å². The van der Waals surface area contributed by atoms with Crippen LogP contribution in [-0.2, 0) is 10.9 Å². The zero-order valence-electron chi connectivity index (χ0n) is 16.3. The predicted molar refractivity (Wildman–Crippen MR) is 100 cm³/mol. The van der Waals surface area contributed by atoms with Gasteiger partial charge < -0.3 is 30.3 Å². The van der Waals surface area contributed by atoms with Crippen molar-refractivity contribution in [2.75, 3.05) is 6.61 Å². The van der Waals surface area contributed by atoms with Crippen LogP contribution in [0.25, 0.3) is 11.1 Å². The van der Waals surface area contributed by atoms with Crippen molar-refractivity contribution in [1.29, 1.82) is 0 Å². The Morgan fingerprint density at radius 3 is 2.23 bits per heavy atom. The van der Waals surface area contributed by atoms with Crippen molar-refractivity contribution < 1.29 is 47.8 Å². The first kappa shape index (κ1) is 23.6. The summed E-state index contributed by atoms with van der Waals surface area (Å²) >= 11 is 0. The summed E-state index contributed by atoms with van der Waals surface area (Å²) in [7, 11) is 0. The number of aliphatic hydroxyl groups excluding tert-OH is 5. The molecule has 3 rings (SSSR count). The summed E-state index contributed by atoms with van der Waals surface area (Å²) in [6.45, 7) is 0.892. The fourth-order valence-electron chi connectivity index (χ4n) is 3.68. The fourth-order valence-corrected chi connectivity index (χ4v) is 3.68. The van der Waals surface area contributed by atoms with Crippen molar-refractivity contribution in [2.45, 2.75) is 49.7 Å². The Labute approximate surface area is 175 Å². The van der Waals surface area contributed by atoms with Crippen molar-refractivity contribution in [3.63, 3.8) is 0 Å². The van der Waals surface area contributed by atoms with E-state index in [4.69, 9.17) is 4.74 Å². The van der Waals surface area contributed by atoms with Gasteiger partial charge in [0.05, 0.1) is 12.2 Å². The molecule has 1 fully saturated rings. The molecule has 1 saturated heterocycles. The molecule has 31 heavy (non-hydrogen) atoms. The van der Waals surface area contributed by atoms with Gasteiger partial charge in [-0.3, -0.25) is 0 Å². The summed E-state index contributed by atoms with van der Waals surface area (Å²) in [5.74, 6) is -1.05. The Morgan fingerprint density at radius 2 is 1.65 bits per heavy atom. The maximum absolute atomic E-state index is 13.7. The highest BCUT2D eigenvalue weighted by molar-refractivity contribution is 5.66. The standard InChI is InChI=1S/C21H22F4O6/c1-9-4-10(11-5-12(21(23,24)25)7-13(22)6-11)2-3-14(9)16(27)20-19(30)18(29)17(28)15(8-26)31-20/h2-7,15-20,26-30H,8H2,1H3/t15-,16?,17-,18+,19+,20-/m1/s1. The molecular weight excluding hydrogens is 424 g/mol. The normalized spacial score (nSPS) is 27.9. The Balaban J connectivity index is 1.92. The van der Waals surface area contributed by atoms with Gasteiger partial charge in [0.25, 0.3) is 0 Å². The van der Waals surface area contributed by atoms with E-state index in [1.807, 2.05) is 0 Å². The number of alkyl halides is 3. The number of rotatable bonds is 4. The first-order chi connectivity index (χ1) is 14.4. The molecule has 0 bridgehead atoms. The third-order valence-electron chi connectivity index (χ3n) is 5.39. The van der Waals surface area contributed by atoms with E-state index in [9.17, 15) is 43.1 Å². The lowest BCUT2D eigenvalue weighted by Gasteiger charge is -2.42. The molecule has 0 aromatic heterocycles. The van der Waals surface area contributed by atoms with Crippen molar-refractivity contribution in [1.82, 2.24) is 0 Å². The second-order valence-electron chi connectivity index (χ2n) is 7.54. The number of aryl methyl sites for hydroxylation is 1. The fraction of sp³-hybridized carbons (Fsp3) is 0.429.